The highest BCUT2D eigenvalue weighted by atomic mass is 32.1. The molecular weight excluding hydrogens is 307 g/mol. The second kappa shape index (κ2) is 7.55. The molecule has 2 N–H and O–H groups in total. The largest absolute Gasteiger partial charge is 0.355 e. The van der Waals surface area contributed by atoms with Crippen LogP contribution in [0, 0.1) is 25.6 Å². The molecule has 0 saturated heterocycles. The number of aryl methyl sites for hydroxylation is 2. The summed E-state index contributed by atoms with van der Waals surface area (Å²) in [5.41, 5.74) is 4.45. The van der Waals surface area contributed by atoms with Crippen LogP contribution in [0.2, 0.25) is 0 Å². The maximum atomic E-state index is 13.1. The third-order valence-corrected chi connectivity index (χ3v) is 4.17. The van der Waals surface area contributed by atoms with Gasteiger partial charge in [-0.25, -0.2) is 4.39 Å². The molecule has 4 heteroatoms. The Bertz CT molecular complexity index is 680. The topological polar surface area (TPSA) is 24.1 Å². The number of hydrogen-bond donors (Lipinski definition) is 2. The molecule has 0 spiro atoms. The Morgan fingerprint density at radius 2 is 1.65 bits per heavy atom. The molecule has 23 heavy (non-hydrogen) atoms. The van der Waals surface area contributed by atoms with Gasteiger partial charge in [-0.05, 0) is 72.9 Å². The van der Waals surface area contributed by atoms with Crippen molar-refractivity contribution in [1.82, 2.24) is 5.32 Å². The molecule has 0 aromatic heterocycles. The van der Waals surface area contributed by atoms with E-state index in [9.17, 15) is 4.39 Å². The van der Waals surface area contributed by atoms with Crippen molar-refractivity contribution in [3.8, 4) is 0 Å². The van der Waals surface area contributed by atoms with Gasteiger partial charge in [0.1, 0.15) is 5.82 Å². The summed E-state index contributed by atoms with van der Waals surface area (Å²) in [5.74, 6) is 0.0899. The first-order valence-corrected chi connectivity index (χ1v) is 8.18. The molecule has 0 saturated carbocycles. The zero-order chi connectivity index (χ0) is 17.0. The minimum atomic E-state index is -0.230. The van der Waals surface area contributed by atoms with E-state index < -0.39 is 0 Å². The van der Waals surface area contributed by atoms with Crippen LogP contribution in [0.15, 0.2) is 42.5 Å². The zero-order valence-corrected chi connectivity index (χ0v) is 14.8. The van der Waals surface area contributed by atoms with Crippen molar-refractivity contribution < 1.29 is 4.39 Å². The van der Waals surface area contributed by atoms with Gasteiger partial charge in [-0.1, -0.05) is 32.0 Å². The maximum Gasteiger partial charge on any atom is 0.171 e. The number of hydrogen-bond acceptors (Lipinski definition) is 1. The van der Waals surface area contributed by atoms with Crippen LogP contribution in [0.4, 0.5) is 10.1 Å². The van der Waals surface area contributed by atoms with E-state index in [0.29, 0.717) is 11.0 Å². The van der Waals surface area contributed by atoms with Crippen LogP contribution in [0.3, 0.4) is 0 Å². The number of nitrogens with one attached hydrogen (secondary N) is 2. The highest BCUT2D eigenvalue weighted by molar-refractivity contribution is 7.80. The molecule has 0 heterocycles. The average molecular weight is 330 g/mol. The summed E-state index contributed by atoms with van der Waals surface area (Å²) < 4.78 is 13.1. The third-order valence-electron chi connectivity index (χ3n) is 3.95. The Morgan fingerprint density at radius 1 is 1.00 bits per heavy atom. The predicted molar refractivity (Wildman–Crippen MR) is 99.3 cm³/mol. The maximum absolute atomic E-state index is 13.1. The standard InChI is InChI=1S/C19H23FN2S/c1-12(2)18(15-6-8-16(20)9-7-15)22-19(23)21-17-10-5-13(3)14(4)11-17/h5-12,18H,1-4H3,(H2,21,22,23)/t18-/m0/s1. The van der Waals surface area contributed by atoms with E-state index in [1.807, 2.05) is 6.07 Å². The van der Waals surface area contributed by atoms with Gasteiger partial charge in [0.25, 0.3) is 0 Å². The molecule has 0 aliphatic carbocycles. The molecule has 1 atom stereocenters. The summed E-state index contributed by atoms with van der Waals surface area (Å²) in [6.45, 7) is 8.38. The number of benzene rings is 2. The van der Waals surface area contributed by atoms with Crippen molar-refractivity contribution in [2.24, 2.45) is 5.92 Å². The quantitative estimate of drug-likeness (QED) is 0.760. The smallest absolute Gasteiger partial charge is 0.171 e. The molecule has 0 bridgehead atoms. The third kappa shape index (κ3) is 4.76. The number of anilines is 1. The van der Waals surface area contributed by atoms with E-state index >= 15 is 0 Å². The van der Waals surface area contributed by atoms with Crippen molar-refractivity contribution in [3.63, 3.8) is 0 Å². The number of halogens is 1. The minimum Gasteiger partial charge on any atom is -0.355 e. The first-order chi connectivity index (χ1) is 10.9. The Hall–Kier alpha value is -1.94. The first kappa shape index (κ1) is 17.4. The lowest BCUT2D eigenvalue weighted by Crippen LogP contribution is -2.35. The van der Waals surface area contributed by atoms with Crippen molar-refractivity contribution in [2.75, 3.05) is 5.32 Å². The zero-order valence-electron chi connectivity index (χ0n) is 14.0. The van der Waals surface area contributed by atoms with Gasteiger partial charge in [-0.3, -0.25) is 0 Å². The summed E-state index contributed by atoms with van der Waals surface area (Å²) in [6, 6.07) is 12.7. The van der Waals surface area contributed by atoms with Gasteiger partial charge in [-0.2, -0.15) is 0 Å². The van der Waals surface area contributed by atoms with E-state index in [4.69, 9.17) is 12.2 Å². The second-order valence-electron chi connectivity index (χ2n) is 6.17. The van der Waals surface area contributed by atoms with Crippen LogP contribution < -0.4 is 10.6 Å². The summed E-state index contributed by atoms with van der Waals surface area (Å²) in [6.07, 6.45) is 0. The van der Waals surface area contributed by atoms with Gasteiger partial charge in [-0.15, -0.1) is 0 Å². The molecule has 0 unspecified atom stereocenters. The van der Waals surface area contributed by atoms with Gasteiger partial charge < -0.3 is 10.6 Å². The lowest BCUT2D eigenvalue weighted by Gasteiger charge is -2.25. The molecule has 2 aromatic rings. The molecule has 122 valence electrons. The molecule has 2 rings (SSSR count). The monoisotopic (exact) mass is 330 g/mol. The lowest BCUT2D eigenvalue weighted by molar-refractivity contribution is 0.472. The van der Waals surface area contributed by atoms with Crippen molar-refractivity contribution in [1.29, 1.82) is 0 Å². The number of rotatable bonds is 4. The van der Waals surface area contributed by atoms with Gasteiger partial charge in [0.2, 0.25) is 0 Å². The van der Waals surface area contributed by atoms with Crippen LogP contribution in [0.5, 0.6) is 0 Å². The highest BCUT2D eigenvalue weighted by Gasteiger charge is 2.17. The van der Waals surface area contributed by atoms with Crippen molar-refractivity contribution >= 4 is 23.0 Å². The van der Waals surface area contributed by atoms with E-state index in [-0.39, 0.29) is 11.9 Å². The Kier molecular flexibility index (Phi) is 5.72. The van der Waals surface area contributed by atoms with Gasteiger partial charge >= 0.3 is 0 Å². The highest BCUT2D eigenvalue weighted by Crippen LogP contribution is 2.22. The van der Waals surface area contributed by atoms with E-state index in [0.717, 1.165) is 11.3 Å². The van der Waals surface area contributed by atoms with Crippen molar-refractivity contribution in [3.05, 3.63) is 65.0 Å². The van der Waals surface area contributed by atoms with Crippen molar-refractivity contribution in [2.45, 2.75) is 33.7 Å². The Morgan fingerprint density at radius 3 is 2.22 bits per heavy atom. The molecule has 2 aromatic carbocycles. The van der Waals surface area contributed by atoms with E-state index in [1.54, 1.807) is 12.1 Å². The van der Waals surface area contributed by atoms with E-state index in [2.05, 4.69) is 50.5 Å². The van der Waals surface area contributed by atoms with Crippen LogP contribution in [-0.4, -0.2) is 5.11 Å². The molecule has 0 aliphatic rings. The fraction of sp³-hybridized carbons (Fsp3) is 0.316. The fourth-order valence-electron chi connectivity index (χ4n) is 2.43. The van der Waals surface area contributed by atoms with Crippen LogP contribution in [-0.2, 0) is 0 Å². The van der Waals surface area contributed by atoms with Crippen LogP contribution >= 0.6 is 12.2 Å². The molecule has 0 amide bonds. The normalized spacial score (nSPS) is 12.1. The minimum absolute atomic E-state index is 0.0298. The Balaban J connectivity index is 2.08. The fourth-order valence-corrected chi connectivity index (χ4v) is 2.68. The van der Waals surface area contributed by atoms with Crippen LogP contribution in [0.1, 0.15) is 36.6 Å². The van der Waals surface area contributed by atoms with Gasteiger partial charge in [0.05, 0.1) is 6.04 Å². The lowest BCUT2D eigenvalue weighted by atomic mass is 9.96. The van der Waals surface area contributed by atoms with Gasteiger partial charge in [0, 0.05) is 5.69 Å². The van der Waals surface area contributed by atoms with E-state index in [1.165, 1.54) is 23.3 Å². The molecular formula is C19H23FN2S. The summed E-state index contributed by atoms with van der Waals surface area (Å²) in [4.78, 5) is 0. The molecule has 2 nitrogen and oxygen atoms in total. The van der Waals surface area contributed by atoms with Gasteiger partial charge in [0.15, 0.2) is 5.11 Å². The molecule has 0 aliphatic heterocycles. The van der Waals surface area contributed by atoms with Crippen LogP contribution in [0.25, 0.3) is 0 Å². The molecule has 0 radical (unpaired) electrons. The SMILES string of the molecule is Cc1ccc(NC(=S)N[C@H](c2ccc(F)cc2)C(C)C)cc1C. The number of thiocarbonyl (C=S) groups is 1. The predicted octanol–water partition coefficient (Wildman–Crippen LogP) is 5.13. The summed E-state index contributed by atoms with van der Waals surface area (Å²) >= 11 is 5.44. The Labute approximate surface area is 143 Å². The summed E-state index contributed by atoms with van der Waals surface area (Å²) in [5, 5.41) is 7.12. The average Bonchev–Trinajstić information content (AvgIpc) is 2.49. The second-order valence-corrected chi connectivity index (χ2v) is 6.58. The summed E-state index contributed by atoms with van der Waals surface area (Å²) in [7, 11) is 0. The molecule has 0 fully saturated rings. The first-order valence-electron chi connectivity index (χ1n) is 7.77.